The van der Waals surface area contributed by atoms with Crippen molar-refractivity contribution in [3.63, 3.8) is 0 Å². The van der Waals surface area contributed by atoms with Crippen LogP contribution in [-0.4, -0.2) is 36.0 Å². The van der Waals surface area contributed by atoms with Crippen LogP contribution in [0.25, 0.3) is 10.2 Å². The second kappa shape index (κ2) is 6.33. The lowest BCUT2D eigenvalue weighted by atomic mass is 10.3. The van der Waals surface area contributed by atoms with Gasteiger partial charge in [-0.25, -0.2) is 4.98 Å². The van der Waals surface area contributed by atoms with Gasteiger partial charge in [0.15, 0.2) is 0 Å². The molecule has 102 valence electrons. The lowest BCUT2D eigenvalue weighted by Gasteiger charge is -2.09. The van der Waals surface area contributed by atoms with E-state index in [1.807, 2.05) is 11.4 Å². The summed E-state index contributed by atoms with van der Waals surface area (Å²) in [6, 6.07) is 1.95. The molecule has 0 aliphatic heterocycles. The summed E-state index contributed by atoms with van der Waals surface area (Å²) < 4.78 is 0. The highest BCUT2D eigenvalue weighted by Crippen LogP contribution is 2.26. The Morgan fingerprint density at radius 2 is 2.21 bits per heavy atom. The Morgan fingerprint density at radius 3 is 2.95 bits per heavy atom. The molecule has 6 nitrogen and oxygen atoms in total. The molecule has 0 atom stereocenters. The number of hydrogen-bond acceptors (Lipinski definition) is 6. The highest BCUT2D eigenvalue weighted by Gasteiger charge is 2.09. The number of carbonyl (C=O) groups is 1. The molecule has 0 saturated heterocycles. The molecule has 2 aromatic rings. The van der Waals surface area contributed by atoms with E-state index in [1.54, 1.807) is 18.4 Å². The molecular weight excluding hydrogens is 262 g/mol. The van der Waals surface area contributed by atoms with E-state index in [0.29, 0.717) is 11.8 Å². The van der Waals surface area contributed by atoms with Crippen molar-refractivity contribution < 1.29 is 4.79 Å². The van der Waals surface area contributed by atoms with E-state index in [-0.39, 0.29) is 12.5 Å². The molecule has 0 bridgehead atoms. The molecular formula is C12H17N5OS. The second-order valence-electron chi connectivity index (χ2n) is 3.99. The fourth-order valence-corrected chi connectivity index (χ4v) is 2.32. The first-order chi connectivity index (χ1) is 9.24. The summed E-state index contributed by atoms with van der Waals surface area (Å²) in [4.78, 5) is 21.0. The van der Waals surface area contributed by atoms with Crippen LogP contribution in [-0.2, 0) is 4.79 Å². The summed E-state index contributed by atoms with van der Waals surface area (Å²) >= 11 is 1.56. The predicted octanol–water partition coefficient (Wildman–Crippen LogP) is 1.67. The number of fused-ring (bicyclic) bond motifs is 1. The van der Waals surface area contributed by atoms with Crippen molar-refractivity contribution in [2.24, 2.45) is 0 Å². The van der Waals surface area contributed by atoms with Crippen LogP contribution in [0.4, 0.5) is 11.8 Å². The summed E-state index contributed by atoms with van der Waals surface area (Å²) in [6.07, 6.45) is 1.01. The van der Waals surface area contributed by atoms with Crippen molar-refractivity contribution in [2.45, 2.75) is 13.3 Å². The normalized spacial score (nSPS) is 10.4. The van der Waals surface area contributed by atoms with Gasteiger partial charge in [-0.15, -0.1) is 11.3 Å². The number of rotatable bonds is 6. The first-order valence-electron chi connectivity index (χ1n) is 6.18. The second-order valence-corrected chi connectivity index (χ2v) is 4.88. The molecule has 2 aromatic heterocycles. The lowest BCUT2D eigenvalue weighted by Crippen LogP contribution is -2.26. The maximum atomic E-state index is 11.3. The topological polar surface area (TPSA) is 78.9 Å². The SMILES string of the molecule is CCCNc1nc(NCC(=O)NC)c2ccsc2n1. The molecule has 2 rings (SSSR count). The van der Waals surface area contributed by atoms with Gasteiger partial charge in [0, 0.05) is 13.6 Å². The lowest BCUT2D eigenvalue weighted by molar-refractivity contribution is -0.118. The van der Waals surface area contributed by atoms with E-state index < -0.39 is 0 Å². The van der Waals surface area contributed by atoms with Gasteiger partial charge >= 0.3 is 0 Å². The minimum atomic E-state index is -0.0786. The van der Waals surface area contributed by atoms with Crippen molar-refractivity contribution in [2.75, 3.05) is 30.8 Å². The molecule has 0 aromatic carbocycles. The number of anilines is 2. The number of aromatic nitrogens is 2. The molecule has 1 amide bonds. The Hall–Kier alpha value is -1.89. The average Bonchev–Trinajstić information content (AvgIpc) is 2.90. The quantitative estimate of drug-likeness (QED) is 0.749. The zero-order chi connectivity index (χ0) is 13.7. The van der Waals surface area contributed by atoms with Crippen LogP contribution in [0.5, 0.6) is 0 Å². The fraction of sp³-hybridized carbons (Fsp3) is 0.417. The van der Waals surface area contributed by atoms with Crippen molar-refractivity contribution in [3.05, 3.63) is 11.4 Å². The standard InChI is InChI=1S/C12H17N5OS/c1-3-5-14-12-16-10(15-7-9(18)13-2)8-4-6-19-11(8)17-12/h4,6H,3,5,7H2,1-2H3,(H,13,18)(H2,14,15,16,17). The highest BCUT2D eigenvalue weighted by atomic mass is 32.1. The predicted molar refractivity (Wildman–Crippen MR) is 78.8 cm³/mol. The highest BCUT2D eigenvalue weighted by molar-refractivity contribution is 7.16. The van der Waals surface area contributed by atoms with Gasteiger partial charge in [-0.2, -0.15) is 4.98 Å². The molecule has 0 radical (unpaired) electrons. The molecule has 0 fully saturated rings. The minimum Gasteiger partial charge on any atom is -0.360 e. The van der Waals surface area contributed by atoms with Crippen LogP contribution in [0.2, 0.25) is 0 Å². The van der Waals surface area contributed by atoms with Crippen molar-refractivity contribution in [1.82, 2.24) is 15.3 Å². The first-order valence-corrected chi connectivity index (χ1v) is 7.06. The van der Waals surface area contributed by atoms with Crippen LogP contribution in [0.15, 0.2) is 11.4 Å². The Bertz CT molecular complexity index is 568. The Balaban J connectivity index is 2.23. The summed E-state index contributed by atoms with van der Waals surface area (Å²) in [7, 11) is 1.61. The van der Waals surface area contributed by atoms with Crippen molar-refractivity contribution in [3.8, 4) is 0 Å². The van der Waals surface area contributed by atoms with Crippen LogP contribution < -0.4 is 16.0 Å². The molecule has 0 saturated carbocycles. The van der Waals surface area contributed by atoms with E-state index in [1.165, 1.54) is 0 Å². The summed E-state index contributed by atoms with van der Waals surface area (Å²) in [5.41, 5.74) is 0. The number of carbonyl (C=O) groups excluding carboxylic acids is 1. The number of hydrogen-bond donors (Lipinski definition) is 3. The van der Waals surface area contributed by atoms with Crippen LogP contribution in [0, 0.1) is 0 Å². The van der Waals surface area contributed by atoms with Gasteiger partial charge in [0.25, 0.3) is 0 Å². The molecule has 0 aliphatic carbocycles. The van der Waals surface area contributed by atoms with Crippen molar-refractivity contribution >= 4 is 39.2 Å². The van der Waals surface area contributed by atoms with Gasteiger partial charge in [-0.1, -0.05) is 6.92 Å². The van der Waals surface area contributed by atoms with E-state index in [9.17, 15) is 4.79 Å². The smallest absolute Gasteiger partial charge is 0.239 e. The van der Waals surface area contributed by atoms with Crippen LogP contribution >= 0.6 is 11.3 Å². The third kappa shape index (κ3) is 3.31. The van der Waals surface area contributed by atoms with E-state index in [4.69, 9.17) is 0 Å². The van der Waals surface area contributed by atoms with E-state index in [0.717, 1.165) is 23.2 Å². The summed E-state index contributed by atoms with van der Waals surface area (Å²) in [6.45, 7) is 3.11. The third-order valence-corrected chi connectivity index (χ3v) is 3.36. The monoisotopic (exact) mass is 279 g/mol. The van der Waals surface area contributed by atoms with Gasteiger partial charge in [-0.05, 0) is 17.9 Å². The van der Waals surface area contributed by atoms with Crippen molar-refractivity contribution in [1.29, 1.82) is 0 Å². The van der Waals surface area contributed by atoms with Gasteiger partial charge in [0.1, 0.15) is 10.6 Å². The third-order valence-electron chi connectivity index (χ3n) is 2.55. The van der Waals surface area contributed by atoms with Gasteiger partial charge in [0.2, 0.25) is 11.9 Å². The number of likely N-dealkylation sites (N-methyl/N-ethyl adjacent to an activating group) is 1. The van der Waals surface area contributed by atoms with E-state index >= 15 is 0 Å². The number of thiophene rings is 1. The molecule has 2 heterocycles. The molecule has 19 heavy (non-hydrogen) atoms. The number of nitrogens with zero attached hydrogens (tertiary/aromatic N) is 2. The number of amides is 1. The van der Waals surface area contributed by atoms with Gasteiger partial charge in [-0.3, -0.25) is 4.79 Å². The Labute approximate surface area is 115 Å². The van der Waals surface area contributed by atoms with Gasteiger partial charge < -0.3 is 16.0 Å². The zero-order valence-electron chi connectivity index (χ0n) is 11.0. The molecule has 3 N–H and O–H groups in total. The maximum absolute atomic E-state index is 11.3. The molecule has 0 unspecified atom stereocenters. The minimum absolute atomic E-state index is 0.0786. The van der Waals surface area contributed by atoms with Crippen LogP contribution in [0.3, 0.4) is 0 Å². The first kappa shape index (κ1) is 13.5. The molecule has 0 aliphatic rings. The van der Waals surface area contributed by atoms with E-state index in [2.05, 4.69) is 32.8 Å². The largest absolute Gasteiger partial charge is 0.360 e. The van der Waals surface area contributed by atoms with Crippen LogP contribution in [0.1, 0.15) is 13.3 Å². The summed E-state index contributed by atoms with van der Waals surface area (Å²) in [5, 5.41) is 11.7. The number of nitrogens with one attached hydrogen (secondary N) is 3. The Morgan fingerprint density at radius 1 is 1.37 bits per heavy atom. The fourth-order valence-electron chi connectivity index (χ4n) is 1.56. The Kier molecular flexibility index (Phi) is 4.51. The average molecular weight is 279 g/mol. The molecule has 7 heteroatoms. The summed E-state index contributed by atoms with van der Waals surface area (Å²) in [5.74, 6) is 1.20. The molecule has 0 spiro atoms. The maximum Gasteiger partial charge on any atom is 0.239 e. The van der Waals surface area contributed by atoms with Gasteiger partial charge in [0.05, 0.1) is 11.9 Å². The zero-order valence-corrected chi connectivity index (χ0v) is 11.8.